The maximum absolute atomic E-state index is 12.2. The Kier molecular flexibility index (Phi) is 6.80. The highest BCUT2D eigenvalue weighted by molar-refractivity contribution is 7.89. The summed E-state index contributed by atoms with van der Waals surface area (Å²) in [5.41, 5.74) is 0.913. The Hall–Kier alpha value is -1.44. The van der Waals surface area contributed by atoms with Crippen molar-refractivity contribution in [2.45, 2.75) is 30.7 Å². The van der Waals surface area contributed by atoms with E-state index in [-0.39, 0.29) is 23.9 Å². The zero-order valence-electron chi connectivity index (χ0n) is 12.5. The number of hydrogen-bond acceptors (Lipinski definition) is 5. The fraction of sp³-hybridized carbons (Fsp3) is 0.500. The molecule has 0 saturated carbocycles. The maximum atomic E-state index is 12.2. The molecule has 0 saturated heterocycles. The Labute approximate surface area is 125 Å². The van der Waals surface area contributed by atoms with E-state index in [2.05, 4.69) is 14.8 Å². The number of benzene rings is 1. The molecule has 21 heavy (non-hydrogen) atoms. The molecule has 1 rings (SSSR count). The molecule has 6 nitrogen and oxygen atoms in total. The van der Waals surface area contributed by atoms with Crippen LogP contribution in [-0.4, -0.2) is 35.1 Å². The SMILES string of the molecule is CCC(NC)c1cccc(S(=O)(=O)NCCC(=O)OC)c1. The summed E-state index contributed by atoms with van der Waals surface area (Å²) in [5.74, 6) is -0.451. The van der Waals surface area contributed by atoms with Crippen molar-refractivity contribution in [1.29, 1.82) is 0 Å². The number of rotatable bonds is 8. The molecule has 0 bridgehead atoms. The average Bonchev–Trinajstić information content (AvgIpc) is 2.48. The van der Waals surface area contributed by atoms with E-state index in [4.69, 9.17) is 0 Å². The lowest BCUT2D eigenvalue weighted by Gasteiger charge is -2.15. The monoisotopic (exact) mass is 314 g/mol. The number of sulfonamides is 1. The molecule has 1 aromatic carbocycles. The van der Waals surface area contributed by atoms with Gasteiger partial charge in [0.25, 0.3) is 0 Å². The highest BCUT2D eigenvalue weighted by Gasteiger charge is 2.16. The summed E-state index contributed by atoms with van der Waals surface area (Å²) in [4.78, 5) is 11.2. The summed E-state index contributed by atoms with van der Waals surface area (Å²) in [6, 6.07) is 6.88. The molecular formula is C14H22N2O4S. The standard InChI is InChI=1S/C14H22N2O4S/c1-4-13(15-2)11-6-5-7-12(10-11)21(18,19)16-9-8-14(17)20-3/h5-7,10,13,15-16H,4,8-9H2,1-3H3. The zero-order chi connectivity index (χ0) is 15.9. The smallest absolute Gasteiger partial charge is 0.306 e. The minimum absolute atomic E-state index is 0.00349. The van der Waals surface area contributed by atoms with Crippen LogP contribution in [0.4, 0.5) is 0 Å². The Balaban J connectivity index is 2.83. The largest absolute Gasteiger partial charge is 0.469 e. The molecular weight excluding hydrogens is 292 g/mol. The van der Waals surface area contributed by atoms with Gasteiger partial charge in [-0.05, 0) is 31.2 Å². The molecule has 0 aliphatic carbocycles. The van der Waals surface area contributed by atoms with E-state index >= 15 is 0 Å². The number of carbonyl (C=O) groups excluding carboxylic acids is 1. The van der Waals surface area contributed by atoms with Gasteiger partial charge in [-0.2, -0.15) is 0 Å². The van der Waals surface area contributed by atoms with E-state index in [0.717, 1.165) is 12.0 Å². The molecule has 0 aromatic heterocycles. The van der Waals surface area contributed by atoms with E-state index in [1.165, 1.54) is 13.2 Å². The molecule has 0 aliphatic heterocycles. The van der Waals surface area contributed by atoms with Gasteiger partial charge in [0, 0.05) is 12.6 Å². The fourth-order valence-electron chi connectivity index (χ4n) is 1.98. The van der Waals surface area contributed by atoms with Crippen molar-refractivity contribution in [3.63, 3.8) is 0 Å². The van der Waals surface area contributed by atoms with E-state index in [1.54, 1.807) is 12.1 Å². The Morgan fingerprint density at radius 3 is 2.67 bits per heavy atom. The number of methoxy groups -OCH3 is 1. The summed E-state index contributed by atoms with van der Waals surface area (Å²) in [6.07, 6.45) is 0.860. The Morgan fingerprint density at radius 2 is 2.10 bits per heavy atom. The number of ether oxygens (including phenoxy) is 1. The summed E-state index contributed by atoms with van der Waals surface area (Å²) < 4.78 is 31.2. The Morgan fingerprint density at radius 1 is 1.38 bits per heavy atom. The lowest BCUT2D eigenvalue weighted by molar-refractivity contribution is -0.140. The van der Waals surface area contributed by atoms with Crippen LogP contribution in [0.1, 0.15) is 31.4 Å². The molecule has 118 valence electrons. The normalized spacial score (nSPS) is 12.9. The predicted octanol–water partition coefficient (Wildman–Crippen LogP) is 1.20. The Bertz CT molecular complexity index is 568. The average molecular weight is 314 g/mol. The fourth-order valence-corrected chi connectivity index (χ4v) is 3.06. The van der Waals surface area contributed by atoms with Gasteiger partial charge in [-0.15, -0.1) is 0 Å². The van der Waals surface area contributed by atoms with Crippen molar-refractivity contribution in [3.8, 4) is 0 Å². The molecule has 0 amide bonds. The first-order valence-corrected chi connectivity index (χ1v) is 8.26. The number of nitrogens with one attached hydrogen (secondary N) is 2. The van der Waals surface area contributed by atoms with Crippen molar-refractivity contribution in [2.75, 3.05) is 20.7 Å². The third-order valence-corrected chi connectivity index (χ3v) is 4.64. The van der Waals surface area contributed by atoms with Crippen molar-refractivity contribution < 1.29 is 17.9 Å². The van der Waals surface area contributed by atoms with Gasteiger partial charge in [0.15, 0.2) is 0 Å². The van der Waals surface area contributed by atoms with Gasteiger partial charge < -0.3 is 10.1 Å². The second-order valence-corrected chi connectivity index (χ2v) is 6.31. The van der Waals surface area contributed by atoms with Gasteiger partial charge in [0.1, 0.15) is 0 Å². The summed E-state index contributed by atoms with van der Waals surface area (Å²) in [5, 5.41) is 3.14. The first-order valence-electron chi connectivity index (χ1n) is 6.78. The molecule has 2 N–H and O–H groups in total. The molecule has 1 unspecified atom stereocenters. The number of esters is 1. The highest BCUT2D eigenvalue weighted by Crippen LogP contribution is 2.19. The minimum atomic E-state index is -3.62. The van der Waals surface area contributed by atoms with Crippen LogP contribution in [0.3, 0.4) is 0 Å². The van der Waals surface area contributed by atoms with Crippen LogP contribution in [0, 0.1) is 0 Å². The van der Waals surface area contributed by atoms with Crippen LogP contribution in [0.15, 0.2) is 29.2 Å². The third kappa shape index (κ3) is 5.11. The number of hydrogen-bond donors (Lipinski definition) is 2. The lowest BCUT2D eigenvalue weighted by atomic mass is 10.1. The van der Waals surface area contributed by atoms with Gasteiger partial charge in [0.2, 0.25) is 10.0 Å². The molecule has 1 aromatic rings. The topological polar surface area (TPSA) is 84.5 Å². The highest BCUT2D eigenvalue weighted by atomic mass is 32.2. The summed E-state index contributed by atoms with van der Waals surface area (Å²) in [7, 11) is -0.518. The van der Waals surface area contributed by atoms with Crippen LogP contribution < -0.4 is 10.0 Å². The first-order chi connectivity index (χ1) is 9.94. The first kappa shape index (κ1) is 17.6. The zero-order valence-corrected chi connectivity index (χ0v) is 13.4. The number of carbonyl (C=O) groups is 1. The summed E-state index contributed by atoms with van der Waals surface area (Å²) >= 11 is 0. The van der Waals surface area contributed by atoms with Crippen LogP contribution in [0.2, 0.25) is 0 Å². The molecule has 0 heterocycles. The van der Waals surface area contributed by atoms with E-state index < -0.39 is 16.0 Å². The van der Waals surface area contributed by atoms with Crippen LogP contribution in [0.5, 0.6) is 0 Å². The molecule has 0 fully saturated rings. The van der Waals surface area contributed by atoms with Crippen molar-refractivity contribution in [1.82, 2.24) is 10.0 Å². The van der Waals surface area contributed by atoms with E-state index in [0.29, 0.717) is 0 Å². The second kappa shape index (κ2) is 8.11. The van der Waals surface area contributed by atoms with Crippen LogP contribution in [0.25, 0.3) is 0 Å². The molecule has 0 aliphatic rings. The molecule has 0 radical (unpaired) electrons. The van der Waals surface area contributed by atoms with Gasteiger partial charge >= 0.3 is 5.97 Å². The second-order valence-electron chi connectivity index (χ2n) is 4.55. The predicted molar refractivity (Wildman–Crippen MR) is 80.4 cm³/mol. The van der Waals surface area contributed by atoms with Crippen molar-refractivity contribution >= 4 is 16.0 Å². The van der Waals surface area contributed by atoms with E-state index in [1.807, 2.05) is 20.0 Å². The van der Waals surface area contributed by atoms with Crippen molar-refractivity contribution in [2.24, 2.45) is 0 Å². The minimum Gasteiger partial charge on any atom is -0.469 e. The van der Waals surface area contributed by atoms with Gasteiger partial charge in [-0.25, -0.2) is 13.1 Å². The lowest BCUT2D eigenvalue weighted by Crippen LogP contribution is -2.27. The molecule has 7 heteroatoms. The van der Waals surface area contributed by atoms with Gasteiger partial charge in [-0.3, -0.25) is 4.79 Å². The van der Waals surface area contributed by atoms with Crippen molar-refractivity contribution in [3.05, 3.63) is 29.8 Å². The van der Waals surface area contributed by atoms with Crippen LogP contribution >= 0.6 is 0 Å². The quantitative estimate of drug-likeness (QED) is 0.704. The molecule has 1 atom stereocenters. The maximum Gasteiger partial charge on any atom is 0.306 e. The summed E-state index contributed by atoms with van der Waals surface area (Å²) in [6.45, 7) is 2.04. The van der Waals surface area contributed by atoms with Crippen LogP contribution in [-0.2, 0) is 19.6 Å². The van der Waals surface area contributed by atoms with Gasteiger partial charge in [0.05, 0.1) is 18.4 Å². The third-order valence-electron chi connectivity index (χ3n) is 3.18. The van der Waals surface area contributed by atoms with E-state index in [9.17, 15) is 13.2 Å². The van der Waals surface area contributed by atoms with Gasteiger partial charge in [-0.1, -0.05) is 19.1 Å². The molecule has 0 spiro atoms.